The van der Waals surface area contributed by atoms with Gasteiger partial charge in [-0.25, -0.2) is 9.97 Å². The molecular formula is C22H18F3N5O. The normalized spacial score (nSPS) is 11.5. The highest BCUT2D eigenvalue weighted by Crippen LogP contribution is 2.32. The third-order valence-corrected chi connectivity index (χ3v) is 4.88. The van der Waals surface area contributed by atoms with Gasteiger partial charge in [0.2, 0.25) is 5.91 Å². The van der Waals surface area contributed by atoms with Crippen molar-refractivity contribution < 1.29 is 18.0 Å². The van der Waals surface area contributed by atoms with E-state index in [1.54, 1.807) is 30.0 Å². The highest BCUT2D eigenvalue weighted by atomic mass is 19.4. The summed E-state index contributed by atoms with van der Waals surface area (Å²) in [5.41, 5.74) is 2.28. The molecule has 0 aliphatic heterocycles. The molecule has 158 valence electrons. The fraction of sp³-hybridized carbons (Fsp3) is 0.136. The van der Waals surface area contributed by atoms with Crippen LogP contribution in [0.5, 0.6) is 0 Å². The van der Waals surface area contributed by atoms with Gasteiger partial charge in [-0.05, 0) is 30.3 Å². The summed E-state index contributed by atoms with van der Waals surface area (Å²) < 4.78 is 40.8. The quantitative estimate of drug-likeness (QED) is 0.492. The van der Waals surface area contributed by atoms with Gasteiger partial charge in [-0.1, -0.05) is 18.2 Å². The Labute approximate surface area is 176 Å². The van der Waals surface area contributed by atoms with Crippen LogP contribution >= 0.6 is 0 Å². The van der Waals surface area contributed by atoms with Gasteiger partial charge in [0.25, 0.3) is 0 Å². The maximum atomic E-state index is 13.0. The number of fused-ring (bicyclic) bond motifs is 1. The van der Waals surface area contributed by atoms with E-state index in [1.165, 1.54) is 24.0 Å². The largest absolute Gasteiger partial charge is 0.416 e. The van der Waals surface area contributed by atoms with E-state index in [9.17, 15) is 18.0 Å². The van der Waals surface area contributed by atoms with Crippen LogP contribution in [0.25, 0.3) is 16.9 Å². The summed E-state index contributed by atoms with van der Waals surface area (Å²) in [6.45, 7) is 1.48. The molecule has 4 aromatic rings. The van der Waals surface area contributed by atoms with Crippen molar-refractivity contribution in [3.63, 3.8) is 0 Å². The minimum absolute atomic E-state index is 0.0907. The number of anilines is 3. The zero-order valence-corrected chi connectivity index (χ0v) is 16.7. The number of amides is 1. The standard InChI is InChI=1S/C22H18F3N5O/c1-14(31)29(2)18-8-3-5-15(11-18)19-13-27-21-20(26-9-10-30(19)21)28-17-7-4-6-16(12-17)22(23,24)25/h3-13H,1-2H3,(H,26,28). The smallest absolute Gasteiger partial charge is 0.337 e. The van der Waals surface area contributed by atoms with Crippen LogP contribution in [0.4, 0.5) is 30.4 Å². The first-order chi connectivity index (χ1) is 14.7. The maximum Gasteiger partial charge on any atom is 0.416 e. The number of nitrogens with zero attached hydrogens (tertiary/aromatic N) is 4. The number of benzene rings is 2. The van der Waals surface area contributed by atoms with Crippen molar-refractivity contribution >= 4 is 28.7 Å². The average Bonchev–Trinajstić information content (AvgIpc) is 3.18. The Morgan fingerprint density at radius 2 is 1.87 bits per heavy atom. The van der Waals surface area contributed by atoms with Crippen LogP contribution < -0.4 is 10.2 Å². The minimum Gasteiger partial charge on any atom is -0.337 e. The molecule has 9 heteroatoms. The Kier molecular flexibility index (Phi) is 5.10. The number of hydrogen-bond donors (Lipinski definition) is 1. The molecular weight excluding hydrogens is 407 g/mol. The molecule has 2 aromatic carbocycles. The summed E-state index contributed by atoms with van der Waals surface area (Å²) >= 11 is 0. The summed E-state index contributed by atoms with van der Waals surface area (Å²) in [6, 6.07) is 12.3. The lowest BCUT2D eigenvalue weighted by Gasteiger charge is -2.16. The fourth-order valence-electron chi connectivity index (χ4n) is 3.19. The lowest BCUT2D eigenvalue weighted by molar-refractivity contribution is -0.137. The Bertz CT molecular complexity index is 1270. The molecule has 0 atom stereocenters. The number of carbonyl (C=O) groups excluding carboxylic acids is 1. The van der Waals surface area contributed by atoms with E-state index in [2.05, 4.69) is 15.3 Å². The molecule has 0 bridgehead atoms. The SMILES string of the molecule is CC(=O)N(C)c1cccc(-c2cnc3c(Nc4cccc(C(F)(F)F)c4)nccn23)c1. The van der Waals surface area contributed by atoms with Crippen molar-refractivity contribution in [1.82, 2.24) is 14.4 Å². The maximum absolute atomic E-state index is 13.0. The highest BCUT2D eigenvalue weighted by Gasteiger charge is 2.30. The number of carbonyl (C=O) groups is 1. The molecule has 0 saturated carbocycles. The Morgan fingerprint density at radius 1 is 1.10 bits per heavy atom. The lowest BCUT2D eigenvalue weighted by atomic mass is 10.1. The number of imidazole rings is 1. The molecule has 1 amide bonds. The van der Waals surface area contributed by atoms with Crippen LogP contribution in [0.1, 0.15) is 12.5 Å². The topological polar surface area (TPSA) is 62.5 Å². The average molecular weight is 425 g/mol. The van der Waals surface area contributed by atoms with Crippen molar-refractivity contribution in [2.75, 3.05) is 17.3 Å². The third-order valence-electron chi connectivity index (χ3n) is 4.88. The molecule has 6 nitrogen and oxygen atoms in total. The molecule has 0 aliphatic carbocycles. The first kappa shape index (κ1) is 20.4. The van der Waals surface area contributed by atoms with E-state index in [1.807, 2.05) is 24.3 Å². The second-order valence-electron chi connectivity index (χ2n) is 6.94. The summed E-state index contributed by atoms with van der Waals surface area (Å²) in [7, 11) is 1.69. The van der Waals surface area contributed by atoms with Crippen LogP contribution in [0.15, 0.2) is 67.1 Å². The van der Waals surface area contributed by atoms with Crippen molar-refractivity contribution in [2.24, 2.45) is 0 Å². The summed E-state index contributed by atoms with van der Waals surface area (Å²) in [5.74, 6) is 0.233. The highest BCUT2D eigenvalue weighted by molar-refractivity contribution is 5.91. The second kappa shape index (κ2) is 7.75. The first-order valence-corrected chi connectivity index (χ1v) is 9.35. The summed E-state index contributed by atoms with van der Waals surface area (Å²) in [6.07, 6.45) is 0.479. The Balaban J connectivity index is 1.72. The van der Waals surface area contributed by atoms with Crippen molar-refractivity contribution in [3.8, 4) is 11.3 Å². The zero-order chi connectivity index (χ0) is 22.2. The minimum atomic E-state index is -4.43. The Hall–Kier alpha value is -3.88. The van der Waals surface area contributed by atoms with Gasteiger partial charge in [-0.2, -0.15) is 13.2 Å². The zero-order valence-electron chi connectivity index (χ0n) is 16.7. The molecule has 2 aromatic heterocycles. The van der Waals surface area contributed by atoms with Gasteiger partial charge in [-0.3, -0.25) is 9.20 Å². The molecule has 0 radical (unpaired) electrons. The molecule has 31 heavy (non-hydrogen) atoms. The van der Waals surface area contributed by atoms with Gasteiger partial charge in [-0.15, -0.1) is 0 Å². The fourth-order valence-corrected chi connectivity index (χ4v) is 3.19. The van der Waals surface area contributed by atoms with Gasteiger partial charge in [0.1, 0.15) is 0 Å². The number of halogens is 3. The van der Waals surface area contributed by atoms with Gasteiger partial charge in [0.05, 0.1) is 17.5 Å². The van der Waals surface area contributed by atoms with Crippen LogP contribution in [-0.4, -0.2) is 27.3 Å². The van der Waals surface area contributed by atoms with E-state index in [0.29, 0.717) is 11.5 Å². The summed E-state index contributed by atoms with van der Waals surface area (Å²) in [4.78, 5) is 21.9. The van der Waals surface area contributed by atoms with Crippen molar-refractivity contribution in [3.05, 3.63) is 72.7 Å². The van der Waals surface area contributed by atoms with E-state index in [0.717, 1.165) is 29.1 Å². The van der Waals surface area contributed by atoms with Crippen LogP contribution in [0.2, 0.25) is 0 Å². The molecule has 4 rings (SSSR count). The van der Waals surface area contributed by atoms with Crippen molar-refractivity contribution in [1.29, 1.82) is 0 Å². The number of aromatic nitrogens is 3. The van der Waals surface area contributed by atoms with Gasteiger partial charge >= 0.3 is 6.18 Å². The van der Waals surface area contributed by atoms with Crippen LogP contribution in [0.3, 0.4) is 0 Å². The number of alkyl halides is 3. The molecule has 0 aliphatic rings. The number of nitrogens with one attached hydrogen (secondary N) is 1. The molecule has 0 spiro atoms. The van der Waals surface area contributed by atoms with Gasteiger partial charge < -0.3 is 10.2 Å². The van der Waals surface area contributed by atoms with E-state index in [-0.39, 0.29) is 11.6 Å². The van der Waals surface area contributed by atoms with Gasteiger partial charge in [0.15, 0.2) is 11.5 Å². The molecule has 1 N–H and O–H groups in total. The first-order valence-electron chi connectivity index (χ1n) is 9.35. The second-order valence-corrected chi connectivity index (χ2v) is 6.94. The molecule has 0 fully saturated rings. The van der Waals surface area contributed by atoms with E-state index >= 15 is 0 Å². The molecule has 2 heterocycles. The monoisotopic (exact) mass is 425 g/mol. The lowest BCUT2D eigenvalue weighted by Crippen LogP contribution is -2.22. The Morgan fingerprint density at radius 3 is 2.61 bits per heavy atom. The van der Waals surface area contributed by atoms with Crippen LogP contribution in [0, 0.1) is 0 Å². The predicted molar refractivity (Wildman–Crippen MR) is 112 cm³/mol. The van der Waals surface area contributed by atoms with Gasteiger partial charge in [0, 0.05) is 43.3 Å². The van der Waals surface area contributed by atoms with E-state index in [4.69, 9.17) is 0 Å². The summed E-state index contributed by atoms with van der Waals surface area (Å²) in [5, 5.41) is 2.92. The van der Waals surface area contributed by atoms with Crippen LogP contribution in [-0.2, 0) is 11.0 Å². The third kappa shape index (κ3) is 4.07. The number of hydrogen-bond acceptors (Lipinski definition) is 4. The predicted octanol–water partition coefficient (Wildman–Crippen LogP) is 5.14. The molecule has 0 saturated heterocycles. The number of rotatable bonds is 4. The van der Waals surface area contributed by atoms with Crippen molar-refractivity contribution in [2.45, 2.75) is 13.1 Å². The molecule has 0 unspecified atom stereocenters. The van der Waals surface area contributed by atoms with E-state index < -0.39 is 11.7 Å².